The van der Waals surface area contributed by atoms with E-state index in [1.54, 1.807) is 0 Å². The van der Waals surface area contributed by atoms with E-state index in [1.165, 1.54) is 5.06 Å². The van der Waals surface area contributed by atoms with Crippen LogP contribution in [0.4, 0.5) is 0 Å². The average molecular weight is 261 g/mol. The third-order valence-electron chi connectivity index (χ3n) is 2.90. The van der Waals surface area contributed by atoms with Crippen molar-refractivity contribution < 1.29 is 14.4 Å². The number of hydroxylamine groups is 2. The van der Waals surface area contributed by atoms with Crippen LogP contribution in [-0.2, 0) is 14.4 Å². The average Bonchev–Trinajstić information content (AvgIpc) is 2.44. The molecular weight excluding hydrogens is 242 g/mol. The molecule has 1 heterocycles. The van der Waals surface area contributed by atoms with Gasteiger partial charge in [0.2, 0.25) is 5.91 Å². The molecule has 102 valence electrons. The lowest BCUT2D eigenvalue weighted by molar-refractivity contribution is -0.223. The van der Waals surface area contributed by atoms with Crippen molar-refractivity contribution in [3.63, 3.8) is 0 Å². The van der Waals surface area contributed by atoms with Crippen molar-refractivity contribution in [2.75, 3.05) is 19.8 Å². The van der Waals surface area contributed by atoms with Crippen LogP contribution in [0.5, 0.6) is 0 Å². The summed E-state index contributed by atoms with van der Waals surface area (Å²) in [6.07, 6.45) is 4.52. The molecule has 0 spiro atoms. The Bertz CT molecular complexity index is 430. The van der Waals surface area contributed by atoms with Crippen LogP contribution in [0.25, 0.3) is 6.08 Å². The minimum Gasteiger partial charge on any atom is -0.379 e. The number of benzene rings is 1. The van der Waals surface area contributed by atoms with Crippen molar-refractivity contribution in [1.82, 2.24) is 5.06 Å². The van der Waals surface area contributed by atoms with Crippen molar-refractivity contribution in [3.8, 4) is 0 Å². The van der Waals surface area contributed by atoms with Crippen molar-refractivity contribution in [2.24, 2.45) is 0 Å². The maximum Gasteiger partial charge on any atom is 0.249 e. The lowest BCUT2D eigenvalue weighted by Crippen LogP contribution is -2.51. The second-order valence-electron chi connectivity index (χ2n) is 4.29. The highest BCUT2D eigenvalue weighted by atomic mass is 16.7. The third-order valence-corrected chi connectivity index (χ3v) is 2.90. The molecular formula is C15H19NO3. The van der Waals surface area contributed by atoms with E-state index < -0.39 is 0 Å². The Morgan fingerprint density at radius 1 is 1.32 bits per heavy atom. The lowest BCUT2D eigenvalue weighted by Gasteiger charge is -2.36. The van der Waals surface area contributed by atoms with E-state index in [0.717, 1.165) is 5.56 Å². The van der Waals surface area contributed by atoms with Gasteiger partial charge in [0.25, 0.3) is 0 Å². The van der Waals surface area contributed by atoms with Gasteiger partial charge in [0.05, 0.1) is 25.7 Å². The number of ether oxygens (including phenoxy) is 1. The summed E-state index contributed by atoms with van der Waals surface area (Å²) in [4.78, 5) is 16.8. The predicted molar refractivity (Wildman–Crippen MR) is 73.2 cm³/mol. The summed E-state index contributed by atoms with van der Waals surface area (Å²) in [6, 6.07) is 10.0. The van der Waals surface area contributed by atoms with Gasteiger partial charge < -0.3 is 4.74 Å². The third kappa shape index (κ3) is 3.91. The standard InChI is InChI=1S/C15H19NO3/c1-2-18-10-11-19-16-14(12-15(16)17)9-8-13-6-4-3-5-7-13/h3-9,14H,2,10-12H2,1H3. The molecule has 0 bridgehead atoms. The van der Waals surface area contributed by atoms with Gasteiger partial charge in [-0.2, -0.15) is 0 Å². The Hall–Kier alpha value is -1.65. The van der Waals surface area contributed by atoms with Gasteiger partial charge in [-0.3, -0.25) is 9.63 Å². The molecule has 1 aliphatic heterocycles. The maximum atomic E-state index is 11.4. The largest absolute Gasteiger partial charge is 0.379 e. The molecule has 19 heavy (non-hydrogen) atoms. The van der Waals surface area contributed by atoms with Crippen molar-refractivity contribution in [1.29, 1.82) is 0 Å². The minimum atomic E-state index is 0.0270. The van der Waals surface area contributed by atoms with Gasteiger partial charge in [0, 0.05) is 6.61 Å². The zero-order valence-electron chi connectivity index (χ0n) is 11.1. The molecule has 0 radical (unpaired) electrons. The van der Waals surface area contributed by atoms with Gasteiger partial charge in [0.15, 0.2) is 0 Å². The normalized spacial score (nSPS) is 18.9. The summed E-state index contributed by atoms with van der Waals surface area (Å²) < 4.78 is 5.17. The van der Waals surface area contributed by atoms with E-state index in [-0.39, 0.29) is 11.9 Å². The number of nitrogens with zero attached hydrogens (tertiary/aromatic N) is 1. The van der Waals surface area contributed by atoms with Gasteiger partial charge in [0.1, 0.15) is 0 Å². The number of hydrogen-bond acceptors (Lipinski definition) is 3. The predicted octanol–water partition coefficient (Wildman–Crippen LogP) is 2.27. The fraction of sp³-hybridized carbons (Fsp3) is 0.400. The van der Waals surface area contributed by atoms with Crippen molar-refractivity contribution in [2.45, 2.75) is 19.4 Å². The first-order chi connectivity index (χ1) is 9.31. The van der Waals surface area contributed by atoms with E-state index in [2.05, 4.69) is 0 Å². The molecule has 1 aliphatic rings. The summed E-state index contributed by atoms with van der Waals surface area (Å²) in [6.45, 7) is 3.51. The van der Waals surface area contributed by atoms with Crippen LogP contribution in [0.2, 0.25) is 0 Å². The number of amides is 1. The van der Waals surface area contributed by atoms with E-state index in [4.69, 9.17) is 9.57 Å². The number of carbonyl (C=O) groups excluding carboxylic acids is 1. The fourth-order valence-corrected chi connectivity index (χ4v) is 1.86. The van der Waals surface area contributed by atoms with Crippen LogP contribution < -0.4 is 0 Å². The first-order valence-electron chi connectivity index (χ1n) is 6.57. The highest BCUT2D eigenvalue weighted by Crippen LogP contribution is 2.21. The zero-order chi connectivity index (χ0) is 13.5. The SMILES string of the molecule is CCOCCON1C(=O)CC1C=Cc1ccccc1. The highest BCUT2D eigenvalue weighted by Gasteiger charge is 2.35. The summed E-state index contributed by atoms with van der Waals surface area (Å²) in [5, 5.41) is 1.43. The number of β-lactam (4-membered cyclic amide) rings is 1. The Morgan fingerprint density at radius 2 is 2.11 bits per heavy atom. The molecule has 4 heteroatoms. The molecule has 1 fully saturated rings. The molecule has 1 amide bonds. The topological polar surface area (TPSA) is 38.8 Å². The molecule has 1 aromatic carbocycles. The second kappa shape index (κ2) is 7.07. The molecule has 0 aliphatic carbocycles. The van der Waals surface area contributed by atoms with Crippen LogP contribution in [0.15, 0.2) is 36.4 Å². The summed E-state index contributed by atoms with van der Waals surface area (Å²) in [5.74, 6) is 0.0270. The first-order valence-corrected chi connectivity index (χ1v) is 6.57. The quantitative estimate of drug-likeness (QED) is 0.558. The molecule has 1 saturated heterocycles. The smallest absolute Gasteiger partial charge is 0.249 e. The first kappa shape index (κ1) is 13.8. The Balaban J connectivity index is 1.80. The van der Waals surface area contributed by atoms with E-state index in [1.807, 2.05) is 49.4 Å². The molecule has 0 aromatic heterocycles. The highest BCUT2D eigenvalue weighted by molar-refractivity contribution is 5.83. The molecule has 1 aromatic rings. The molecule has 1 unspecified atom stereocenters. The monoisotopic (exact) mass is 261 g/mol. The van der Waals surface area contributed by atoms with Crippen LogP contribution in [0, 0.1) is 0 Å². The maximum absolute atomic E-state index is 11.4. The Kier molecular flexibility index (Phi) is 5.12. The van der Waals surface area contributed by atoms with E-state index >= 15 is 0 Å². The number of carbonyl (C=O) groups is 1. The number of rotatable bonds is 7. The molecule has 1 atom stereocenters. The van der Waals surface area contributed by atoms with Gasteiger partial charge in [-0.05, 0) is 12.5 Å². The molecule has 4 nitrogen and oxygen atoms in total. The fourth-order valence-electron chi connectivity index (χ4n) is 1.86. The van der Waals surface area contributed by atoms with E-state index in [0.29, 0.717) is 26.2 Å². The molecule has 2 rings (SSSR count). The van der Waals surface area contributed by atoms with Crippen molar-refractivity contribution >= 4 is 12.0 Å². The van der Waals surface area contributed by atoms with E-state index in [9.17, 15) is 4.79 Å². The summed E-state index contributed by atoms with van der Waals surface area (Å²) in [5.41, 5.74) is 1.12. The van der Waals surface area contributed by atoms with Crippen LogP contribution in [0.1, 0.15) is 18.9 Å². The second-order valence-corrected chi connectivity index (χ2v) is 4.29. The van der Waals surface area contributed by atoms with Gasteiger partial charge in [-0.25, -0.2) is 5.06 Å². The number of hydrogen-bond donors (Lipinski definition) is 0. The van der Waals surface area contributed by atoms with Gasteiger partial charge in [-0.15, -0.1) is 0 Å². The Morgan fingerprint density at radius 3 is 2.79 bits per heavy atom. The summed E-state index contributed by atoms with van der Waals surface area (Å²) >= 11 is 0. The minimum absolute atomic E-state index is 0.0270. The van der Waals surface area contributed by atoms with Crippen molar-refractivity contribution in [3.05, 3.63) is 42.0 Å². The lowest BCUT2D eigenvalue weighted by atomic mass is 10.0. The van der Waals surface area contributed by atoms with Crippen LogP contribution in [-0.4, -0.2) is 36.8 Å². The van der Waals surface area contributed by atoms with Crippen LogP contribution in [0.3, 0.4) is 0 Å². The summed E-state index contributed by atoms with van der Waals surface area (Å²) in [7, 11) is 0. The van der Waals surface area contributed by atoms with Gasteiger partial charge >= 0.3 is 0 Å². The van der Waals surface area contributed by atoms with Gasteiger partial charge in [-0.1, -0.05) is 42.5 Å². The molecule has 0 saturated carbocycles. The Labute approximate surface area is 113 Å². The van der Waals surface area contributed by atoms with Crippen LogP contribution >= 0.6 is 0 Å². The molecule has 0 N–H and O–H groups in total. The zero-order valence-corrected chi connectivity index (χ0v) is 11.1.